The van der Waals surface area contributed by atoms with Crippen molar-refractivity contribution in [3.05, 3.63) is 76.4 Å². The van der Waals surface area contributed by atoms with Crippen LogP contribution in [0.2, 0.25) is 0 Å². The number of aromatic nitrogens is 2. The molecule has 0 aliphatic heterocycles. The van der Waals surface area contributed by atoms with E-state index in [1.165, 1.54) is 12.3 Å². The number of carbonyl (C=O) groups excluding carboxylic acids is 1. The number of nitrogens with zero attached hydrogens (tertiary/aromatic N) is 2. The Hall–Kier alpha value is -2.60. The number of furan rings is 1. The Bertz CT molecular complexity index is 880. The quantitative estimate of drug-likeness (QED) is 0.469. The Morgan fingerprint density at radius 2 is 2.17 bits per heavy atom. The second-order valence-electron chi connectivity index (χ2n) is 5.12. The van der Waals surface area contributed by atoms with Crippen molar-refractivity contribution in [3.8, 4) is 5.75 Å². The van der Waals surface area contributed by atoms with Gasteiger partial charge >= 0.3 is 0 Å². The number of allylic oxidation sites excluding steroid dienone is 1. The van der Waals surface area contributed by atoms with Gasteiger partial charge in [0, 0.05) is 13.2 Å². The zero-order valence-electron chi connectivity index (χ0n) is 13.0. The van der Waals surface area contributed by atoms with Crippen molar-refractivity contribution in [1.29, 1.82) is 0 Å². The number of ether oxygens (including phenoxy) is 1. The lowest BCUT2D eigenvalue weighted by Crippen LogP contribution is -1.94. The van der Waals surface area contributed by atoms with Gasteiger partial charge in [0.1, 0.15) is 23.9 Å². The monoisotopic (exact) mass is 386 g/mol. The largest absolute Gasteiger partial charge is 0.484 e. The predicted octanol–water partition coefficient (Wildman–Crippen LogP) is 4.25. The van der Waals surface area contributed by atoms with Gasteiger partial charge in [0.2, 0.25) is 0 Å². The molecular weight excluding hydrogens is 372 g/mol. The number of hydrogen-bond donors (Lipinski definition) is 0. The van der Waals surface area contributed by atoms with E-state index in [1.54, 1.807) is 30.1 Å². The highest BCUT2D eigenvalue weighted by Crippen LogP contribution is 2.25. The molecule has 5 nitrogen and oxygen atoms in total. The molecule has 3 rings (SSSR count). The van der Waals surface area contributed by atoms with E-state index in [-0.39, 0.29) is 5.78 Å². The molecular formula is C18H15BrN2O3. The number of ketones is 1. The van der Waals surface area contributed by atoms with Crippen LogP contribution in [0.4, 0.5) is 0 Å². The third kappa shape index (κ3) is 4.02. The summed E-state index contributed by atoms with van der Waals surface area (Å²) in [6.45, 7) is 0.313. The molecule has 0 amide bonds. The number of para-hydroxylation sites is 1. The maximum atomic E-state index is 12.0. The lowest BCUT2D eigenvalue weighted by molar-refractivity contribution is 0.104. The summed E-state index contributed by atoms with van der Waals surface area (Å²) in [6, 6.07) is 11.2. The molecule has 0 atom stereocenters. The molecule has 2 aromatic heterocycles. The molecule has 0 fully saturated rings. The van der Waals surface area contributed by atoms with Gasteiger partial charge in [-0.15, -0.1) is 0 Å². The Balaban J connectivity index is 1.60. The van der Waals surface area contributed by atoms with Gasteiger partial charge in [-0.05, 0) is 52.3 Å². The van der Waals surface area contributed by atoms with Gasteiger partial charge in [-0.2, -0.15) is 5.10 Å². The first-order valence-corrected chi connectivity index (χ1v) is 8.08. The van der Waals surface area contributed by atoms with Crippen LogP contribution in [-0.4, -0.2) is 15.6 Å². The molecule has 0 bridgehead atoms. The van der Waals surface area contributed by atoms with Crippen LogP contribution in [0.5, 0.6) is 5.75 Å². The summed E-state index contributed by atoms with van der Waals surface area (Å²) < 4.78 is 13.8. The van der Waals surface area contributed by atoms with Crippen LogP contribution in [0.1, 0.15) is 21.9 Å². The van der Waals surface area contributed by atoms with Crippen LogP contribution >= 0.6 is 15.9 Å². The summed E-state index contributed by atoms with van der Waals surface area (Å²) in [4.78, 5) is 12.0. The van der Waals surface area contributed by atoms with Crippen molar-refractivity contribution in [2.75, 3.05) is 0 Å². The topological polar surface area (TPSA) is 57.3 Å². The highest BCUT2D eigenvalue weighted by atomic mass is 79.9. The minimum atomic E-state index is -0.120. The predicted molar refractivity (Wildman–Crippen MR) is 93.8 cm³/mol. The minimum absolute atomic E-state index is 0.120. The molecule has 0 aliphatic rings. The fraction of sp³-hybridized carbons (Fsp3) is 0.111. The number of benzene rings is 1. The molecule has 2 heterocycles. The van der Waals surface area contributed by atoms with Gasteiger partial charge in [-0.25, -0.2) is 0 Å². The Kier molecular flexibility index (Phi) is 4.96. The van der Waals surface area contributed by atoms with Crippen molar-refractivity contribution >= 4 is 27.8 Å². The van der Waals surface area contributed by atoms with E-state index in [0.717, 1.165) is 10.2 Å². The Morgan fingerprint density at radius 1 is 1.33 bits per heavy atom. The van der Waals surface area contributed by atoms with Crippen LogP contribution < -0.4 is 4.74 Å². The average Bonchev–Trinajstić information content (AvgIpc) is 3.21. The van der Waals surface area contributed by atoms with Crippen molar-refractivity contribution in [1.82, 2.24) is 9.78 Å². The molecule has 122 valence electrons. The SMILES string of the molecule is Cn1cc(C(=O)/C=C/c2ccc(COc3ccccc3Br)o2)cn1. The van der Waals surface area contributed by atoms with Crippen LogP contribution in [0.25, 0.3) is 6.08 Å². The van der Waals surface area contributed by atoms with E-state index >= 15 is 0 Å². The molecule has 0 N–H and O–H groups in total. The van der Waals surface area contributed by atoms with E-state index in [4.69, 9.17) is 9.15 Å². The van der Waals surface area contributed by atoms with Crippen molar-refractivity contribution < 1.29 is 13.9 Å². The summed E-state index contributed by atoms with van der Waals surface area (Å²) in [5.41, 5.74) is 0.540. The third-order valence-electron chi connectivity index (χ3n) is 3.28. The fourth-order valence-electron chi connectivity index (χ4n) is 2.07. The van der Waals surface area contributed by atoms with Gasteiger partial charge in [0.15, 0.2) is 5.78 Å². The highest BCUT2D eigenvalue weighted by molar-refractivity contribution is 9.10. The number of aryl methyl sites for hydroxylation is 1. The van der Waals surface area contributed by atoms with Crippen LogP contribution in [0.3, 0.4) is 0 Å². The van der Waals surface area contributed by atoms with Gasteiger partial charge in [0.05, 0.1) is 16.2 Å². The van der Waals surface area contributed by atoms with Crippen LogP contribution in [-0.2, 0) is 13.7 Å². The summed E-state index contributed by atoms with van der Waals surface area (Å²) in [6.07, 6.45) is 6.31. The molecule has 0 saturated heterocycles. The third-order valence-corrected chi connectivity index (χ3v) is 3.93. The first-order chi connectivity index (χ1) is 11.6. The highest BCUT2D eigenvalue weighted by Gasteiger charge is 2.06. The van der Waals surface area contributed by atoms with Gasteiger partial charge in [-0.3, -0.25) is 9.48 Å². The minimum Gasteiger partial charge on any atom is -0.484 e. The summed E-state index contributed by atoms with van der Waals surface area (Å²) in [5, 5.41) is 3.98. The second-order valence-corrected chi connectivity index (χ2v) is 5.98. The standard InChI is InChI=1S/C18H15BrN2O3/c1-21-11-13(10-20-21)17(22)9-8-14-6-7-15(24-14)12-23-18-5-3-2-4-16(18)19/h2-11H,12H2,1H3/b9-8+. The van der Waals surface area contributed by atoms with E-state index in [1.807, 2.05) is 30.3 Å². The molecule has 0 unspecified atom stereocenters. The normalized spacial score (nSPS) is 11.1. The van der Waals surface area contributed by atoms with Crippen LogP contribution in [0.15, 0.2) is 63.8 Å². The van der Waals surface area contributed by atoms with Crippen molar-refractivity contribution in [2.45, 2.75) is 6.61 Å². The van der Waals surface area contributed by atoms with Gasteiger partial charge < -0.3 is 9.15 Å². The molecule has 0 saturated carbocycles. The van der Waals surface area contributed by atoms with Gasteiger partial charge in [-0.1, -0.05) is 12.1 Å². The maximum Gasteiger partial charge on any atom is 0.189 e. The van der Waals surface area contributed by atoms with Gasteiger partial charge in [0.25, 0.3) is 0 Å². The second kappa shape index (κ2) is 7.31. The summed E-state index contributed by atoms with van der Waals surface area (Å²) in [7, 11) is 1.77. The summed E-state index contributed by atoms with van der Waals surface area (Å²) in [5.74, 6) is 1.90. The Labute approximate surface area is 147 Å². The van der Waals surface area contributed by atoms with Crippen molar-refractivity contribution in [3.63, 3.8) is 0 Å². The zero-order valence-corrected chi connectivity index (χ0v) is 14.6. The molecule has 6 heteroatoms. The maximum absolute atomic E-state index is 12.0. The Morgan fingerprint density at radius 3 is 2.92 bits per heavy atom. The smallest absolute Gasteiger partial charge is 0.189 e. The van der Waals surface area contributed by atoms with Crippen LogP contribution in [0, 0.1) is 0 Å². The number of halogens is 1. The molecule has 1 aromatic carbocycles. The van der Waals surface area contributed by atoms with E-state index < -0.39 is 0 Å². The number of rotatable bonds is 6. The molecule has 24 heavy (non-hydrogen) atoms. The molecule has 0 spiro atoms. The first kappa shape index (κ1) is 16.3. The molecule has 0 radical (unpaired) electrons. The zero-order chi connectivity index (χ0) is 16.9. The lowest BCUT2D eigenvalue weighted by Gasteiger charge is -2.05. The first-order valence-electron chi connectivity index (χ1n) is 7.29. The van der Waals surface area contributed by atoms with E-state index in [0.29, 0.717) is 23.7 Å². The number of carbonyl (C=O) groups is 1. The molecule has 3 aromatic rings. The van der Waals surface area contributed by atoms with E-state index in [2.05, 4.69) is 21.0 Å². The molecule has 0 aliphatic carbocycles. The average molecular weight is 387 g/mol. The van der Waals surface area contributed by atoms with Crippen molar-refractivity contribution in [2.24, 2.45) is 7.05 Å². The lowest BCUT2D eigenvalue weighted by atomic mass is 10.2. The van der Waals surface area contributed by atoms with E-state index in [9.17, 15) is 4.79 Å². The summed E-state index contributed by atoms with van der Waals surface area (Å²) >= 11 is 3.43. The number of hydrogen-bond acceptors (Lipinski definition) is 4. The fourth-order valence-corrected chi connectivity index (χ4v) is 2.47.